The van der Waals surface area contributed by atoms with Crippen molar-refractivity contribution in [3.05, 3.63) is 64.2 Å². The summed E-state index contributed by atoms with van der Waals surface area (Å²) in [7, 11) is -3.54. The molecule has 1 unspecified atom stereocenters. The smallest absolute Gasteiger partial charge is 0.242 e. The van der Waals surface area contributed by atoms with Gasteiger partial charge in [0.1, 0.15) is 6.04 Å². The Bertz CT molecular complexity index is 1150. The minimum Gasteiger partial charge on any atom is -0.352 e. The molecule has 2 aromatic carbocycles. The molecule has 2 amide bonds. The third-order valence-corrected chi connectivity index (χ3v) is 7.04. The summed E-state index contributed by atoms with van der Waals surface area (Å²) in [4.78, 5) is 27.5. The number of nitrogens with zero attached hydrogens (tertiary/aromatic N) is 2. The number of hydrogen-bond donors (Lipinski definition) is 1. The summed E-state index contributed by atoms with van der Waals surface area (Å²) >= 11 is 6.12. The van der Waals surface area contributed by atoms with Crippen LogP contribution in [0.4, 0.5) is 5.69 Å². The Hall–Kier alpha value is -2.58. The predicted molar refractivity (Wildman–Crippen MR) is 142 cm³/mol. The lowest BCUT2D eigenvalue weighted by molar-refractivity contribution is -0.140. The molecule has 7 nitrogen and oxygen atoms in total. The van der Waals surface area contributed by atoms with Crippen LogP contribution in [-0.2, 0) is 26.2 Å². The topological polar surface area (TPSA) is 86.8 Å². The number of hydrogen-bond acceptors (Lipinski definition) is 4. The van der Waals surface area contributed by atoms with Crippen molar-refractivity contribution in [3.8, 4) is 0 Å². The van der Waals surface area contributed by atoms with Gasteiger partial charge in [-0.1, -0.05) is 35.9 Å². The SMILES string of the molecule is Cc1ccc(C)c(N(CCCC(=O)N(Cc2cccc(Cl)c2)C(C)C(=O)NC(C)C)S(C)(=O)=O)c1. The maximum absolute atomic E-state index is 13.3. The average Bonchev–Trinajstić information content (AvgIpc) is 2.75. The summed E-state index contributed by atoms with van der Waals surface area (Å²) in [5.41, 5.74) is 3.21. The molecule has 0 heterocycles. The largest absolute Gasteiger partial charge is 0.352 e. The van der Waals surface area contributed by atoms with E-state index < -0.39 is 16.1 Å². The van der Waals surface area contributed by atoms with E-state index >= 15 is 0 Å². The first-order valence-electron chi connectivity index (χ1n) is 11.7. The first-order chi connectivity index (χ1) is 16.3. The van der Waals surface area contributed by atoms with Gasteiger partial charge in [-0.25, -0.2) is 8.42 Å². The number of carbonyl (C=O) groups excluding carboxylic acids is 2. The second kappa shape index (κ2) is 12.4. The van der Waals surface area contributed by atoms with Crippen molar-refractivity contribution in [2.24, 2.45) is 0 Å². The average molecular weight is 522 g/mol. The molecule has 0 saturated heterocycles. The Morgan fingerprint density at radius 2 is 1.74 bits per heavy atom. The van der Waals surface area contributed by atoms with Crippen molar-refractivity contribution >= 4 is 39.1 Å². The normalized spacial score (nSPS) is 12.3. The molecule has 0 saturated carbocycles. The molecule has 35 heavy (non-hydrogen) atoms. The zero-order valence-corrected chi connectivity index (χ0v) is 22.9. The number of benzene rings is 2. The van der Waals surface area contributed by atoms with Crippen molar-refractivity contribution < 1.29 is 18.0 Å². The van der Waals surface area contributed by atoms with E-state index in [0.717, 1.165) is 16.7 Å². The maximum atomic E-state index is 13.3. The highest BCUT2D eigenvalue weighted by Gasteiger charge is 2.27. The fourth-order valence-corrected chi connectivity index (χ4v) is 5.02. The molecule has 0 spiro atoms. The van der Waals surface area contributed by atoms with Crippen LogP contribution in [0.25, 0.3) is 0 Å². The molecule has 0 aromatic heterocycles. The summed E-state index contributed by atoms with van der Waals surface area (Å²) in [6.07, 6.45) is 1.57. The molecule has 0 radical (unpaired) electrons. The fraction of sp³-hybridized carbons (Fsp3) is 0.462. The van der Waals surface area contributed by atoms with Crippen molar-refractivity contribution in [1.29, 1.82) is 0 Å². The molecule has 0 aliphatic carbocycles. The quantitative estimate of drug-likeness (QED) is 0.473. The van der Waals surface area contributed by atoms with Gasteiger partial charge in [-0.2, -0.15) is 0 Å². The number of nitrogens with one attached hydrogen (secondary N) is 1. The number of amides is 2. The second-order valence-electron chi connectivity index (χ2n) is 9.22. The zero-order valence-electron chi connectivity index (χ0n) is 21.3. The number of halogens is 1. The van der Waals surface area contributed by atoms with Crippen molar-refractivity contribution in [1.82, 2.24) is 10.2 Å². The third-order valence-electron chi connectivity index (χ3n) is 5.63. The number of rotatable bonds is 11. The molecule has 1 N–H and O–H groups in total. The van der Waals surface area contributed by atoms with Gasteiger partial charge in [-0.3, -0.25) is 13.9 Å². The van der Waals surface area contributed by atoms with Crippen LogP contribution in [0.15, 0.2) is 42.5 Å². The molecule has 0 aliphatic rings. The standard InChI is InChI=1S/C26H36ClN3O4S/c1-18(2)28-26(32)21(5)29(17-22-9-7-10-23(27)16-22)25(31)11-8-14-30(35(6,33)34)24-15-19(3)12-13-20(24)4/h7,9-10,12-13,15-16,18,21H,8,11,14,17H2,1-6H3,(H,28,32). The van der Waals surface area contributed by atoms with Crippen LogP contribution in [0.1, 0.15) is 50.3 Å². The summed E-state index contributed by atoms with van der Waals surface area (Å²) in [6, 6.07) is 12.1. The lowest BCUT2D eigenvalue weighted by Crippen LogP contribution is -2.49. The van der Waals surface area contributed by atoms with Gasteiger partial charge >= 0.3 is 0 Å². The summed E-state index contributed by atoms with van der Waals surface area (Å²) < 4.78 is 26.4. The number of carbonyl (C=O) groups is 2. The molecule has 2 aromatic rings. The second-order valence-corrected chi connectivity index (χ2v) is 11.6. The summed E-state index contributed by atoms with van der Waals surface area (Å²) in [5.74, 6) is -0.477. The minimum atomic E-state index is -3.54. The van der Waals surface area contributed by atoms with Crippen molar-refractivity contribution in [3.63, 3.8) is 0 Å². The number of aryl methyl sites for hydroxylation is 2. The summed E-state index contributed by atoms with van der Waals surface area (Å²) in [5, 5.41) is 3.40. The molecular weight excluding hydrogens is 486 g/mol. The van der Waals surface area contributed by atoms with Crippen LogP contribution in [0.2, 0.25) is 5.02 Å². The molecule has 2 rings (SSSR count). The highest BCUT2D eigenvalue weighted by atomic mass is 35.5. The Morgan fingerprint density at radius 3 is 2.34 bits per heavy atom. The van der Waals surface area contributed by atoms with Gasteiger partial charge in [0.2, 0.25) is 21.8 Å². The maximum Gasteiger partial charge on any atom is 0.242 e. The van der Waals surface area contributed by atoms with Gasteiger partial charge in [0, 0.05) is 30.6 Å². The van der Waals surface area contributed by atoms with Gasteiger partial charge in [0.15, 0.2) is 0 Å². The number of sulfonamides is 1. The highest BCUT2D eigenvalue weighted by Crippen LogP contribution is 2.25. The van der Waals surface area contributed by atoms with Crippen LogP contribution in [0.5, 0.6) is 0 Å². The molecular formula is C26H36ClN3O4S. The number of anilines is 1. The van der Waals surface area contributed by atoms with Crippen molar-refractivity contribution in [2.75, 3.05) is 17.1 Å². The van der Waals surface area contributed by atoms with E-state index in [-0.39, 0.29) is 37.4 Å². The lowest BCUT2D eigenvalue weighted by atomic mass is 10.1. The van der Waals surface area contributed by atoms with E-state index in [2.05, 4.69) is 5.32 Å². The van der Waals surface area contributed by atoms with Gasteiger partial charge in [0.25, 0.3) is 0 Å². The van der Waals surface area contributed by atoms with Gasteiger partial charge < -0.3 is 10.2 Å². The van der Waals surface area contributed by atoms with Crippen LogP contribution >= 0.6 is 11.6 Å². The van der Waals surface area contributed by atoms with E-state index in [9.17, 15) is 18.0 Å². The van der Waals surface area contributed by atoms with Gasteiger partial charge in [-0.05, 0) is 75.9 Å². The van der Waals surface area contributed by atoms with E-state index in [1.54, 1.807) is 25.1 Å². The third kappa shape index (κ3) is 8.54. The minimum absolute atomic E-state index is 0.0611. The van der Waals surface area contributed by atoms with Crippen LogP contribution in [-0.4, -0.2) is 50.0 Å². The Morgan fingerprint density at radius 1 is 1.06 bits per heavy atom. The van der Waals surface area contributed by atoms with Crippen LogP contribution in [0.3, 0.4) is 0 Å². The highest BCUT2D eigenvalue weighted by molar-refractivity contribution is 7.92. The van der Waals surface area contributed by atoms with Gasteiger partial charge in [-0.15, -0.1) is 0 Å². The molecule has 1 atom stereocenters. The summed E-state index contributed by atoms with van der Waals surface area (Å²) in [6.45, 7) is 9.57. The lowest BCUT2D eigenvalue weighted by Gasteiger charge is -2.30. The first-order valence-corrected chi connectivity index (χ1v) is 13.9. The van der Waals surface area contributed by atoms with Crippen LogP contribution < -0.4 is 9.62 Å². The predicted octanol–water partition coefficient (Wildman–Crippen LogP) is 4.44. The van der Waals surface area contributed by atoms with Crippen LogP contribution in [0, 0.1) is 13.8 Å². The molecule has 9 heteroatoms. The first kappa shape index (κ1) is 28.7. The molecule has 0 fully saturated rings. The Balaban J connectivity index is 2.21. The van der Waals surface area contributed by atoms with Crippen molar-refractivity contribution in [2.45, 2.75) is 66.1 Å². The Kier molecular flexibility index (Phi) is 10.2. The monoisotopic (exact) mass is 521 g/mol. The van der Waals surface area contributed by atoms with E-state index in [1.165, 1.54) is 15.5 Å². The molecule has 0 aliphatic heterocycles. The van der Waals surface area contributed by atoms with E-state index in [0.29, 0.717) is 17.1 Å². The molecule has 192 valence electrons. The molecule has 0 bridgehead atoms. The van der Waals surface area contributed by atoms with Gasteiger partial charge in [0.05, 0.1) is 11.9 Å². The van der Waals surface area contributed by atoms with E-state index in [1.807, 2.05) is 52.0 Å². The van der Waals surface area contributed by atoms with E-state index in [4.69, 9.17) is 11.6 Å². The Labute approximate surface area is 214 Å². The fourth-order valence-electron chi connectivity index (χ4n) is 3.79. The zero-order chi connectivity index (χ0) is 26.3.